The summed E-state index contributed by atoms with van der Waals surface area (Å²) in [6.45, 7) is 3.03. The van der Waals surface area contributed by atoms with Gasteiger partial charge in [-0.2, -0.15) is 5.26 Å². The van der Waals surface area contributed by atoms with Crippen molar-refractivity contribution in [3.63, 3.8) is 0 Å². The van der Waals surface area contributed by atoms with Crippen LogP contribution in [0.2, 0.25) is 0 Å². The minimum atomic E-state index is -3.49. The minimum Gasteiger partial charge on any atom is -0.272 e. The van der Waals surface area contributed by atoms with Gasteiger partial charge in [0.15, 0.2) is 4.75 Å². The van der Waals surface area contributed by atoms with Gasteiger partial charge in [-0.25, -0.2) is 12.7 Å². The SMILES string of the molecule is CC1(C)C(=O)N(CC2(CC#N)CC2)S1(=O)=O. The van der Waals surface area contributed by atoms with Gasteiger partial charge in [0.1, 0.15) is 0 Å². The Kier molecular flexibility index (Phi) is 2.12. The Morgan fingerprint density at radius 3 is 2.38 bits per heavy atom. The van der Waals surface area contributed by atoms with Crippen molar-refractivity contribution >= 4 is 15.9 Å². The molecule has 0 radical (unpaired) electrons. The lowest BCUT2D eigenvalue weighted by atomic mass is 10.0. The van der Waals surface area contributed by atoms with Crippen LogP contribution in [0, 0.1) is 16.7 Å². The maximum Gasteiger partial charge on any atom is 0.258 e. The first-order valence-electron chi connectivity index (χ1n) is 5.21. The molecule has 0 aromatic heterocycles. The molecule has 16 heavy (non-hydrogen) atoms. The molecule has 0 atom stereocenters. The van der Waals surface area contributed by atoms with Gasteiger partial charge in [-0.05, 0) is 26.7 Å². The first-order valence-corrected chi connectivity index (χ1v) is 6.65. The average molecular weight is 242 g/mol. The molecule has 1 heterocycles. The second kappa shape index (κ2) is 2.98. The molecule has 88 valence electrons. The lowest BCUT2D eigenvalue weighted by Gasteiger charge is -2.44. The second-order valence-corrected chi connectivity index (χ2v) is 7.57. The molecule has 1 amide bonds. The summed E-state index contributed by atoms with van der Waals surface area (Å²) in [5.41, 5.74) is -0.256. The zero-order chi connectivity index (χ0) is 12.2. The zero-order valence-corrected chi connectivity index (χ0v) is 10.2. The molecule has 0 aromatic rings. The molecule has 0 bridgehead atoms. The van der Waals surface area contributed by atoms with Gasteiger partial charge in [0.05, 0.1) is 6.07 Å². The monoisotopic (exact) mass is 242 g/mol. The smallest absolute Gasteiger partial charge is 0.258 e. The Morgan fingerprint density at radius 2 is 2.00 bits per heavy atom. The summed E-state index contributed by atoms with van der Waals surface area (Å²) in [7, 11) is -3.49. The van der Waals surface area contributed by atoms with E-state index < -0.39 is 14.8 Å². The van der Waals surface area contributed by atoms with Gasteiger partial charge in [-0.1, -0.05) is 0 Å². The fourth-order valence-corrected chi connectivity index (χ4v) is 3.59. The van der Waals surface area contributed by atoms with Crippen LogP contribution in [-0.2, 0) is 14.8 Å². The molecule has 2 aliphatic rings. The fraction of sp³-hybridized carbons (Fsp3) is 0.800. The molecule has 2 rings (SSSR count). The normalized spacial score (nSPS) is 28.1. The number of hydrogen-bond acceptors (Lipinski definition) is 4. The van der Waals surface area contributed by atoms with Crippen molar-refractivity contribution in [3.8, 4) is 6.07 Å². The van der Waals surface area contributed by atoms with E-state index >= 15 is 0 Å². The number of nitrogens with zero attached hydrogens (tertiary/aromatic N) is 2. The van der Waals surface area contributed by atoms with Crippen molar-refractivity contribution < 1.29 is 13.2 Å². The van der Waals surface area contributed by atoms with Crippen LogP contribution in [0.3, 0.4) is 0 Å². The van der Waals surface area contributed by atoms with E-state index in [0.29, 0.717) is 6.42 Å². The largest absolute Gasteiger partial charge is 0.272 e. The molecule has 6 heteroatoms. The van der Waals surface area contributed by atoms with Gasteiger partial charge in [-0.3, -0.25) is 4.79 Å². The number of amides is 1. The summed E-state index contributed by atoms with van der Waals surface area (Å²) in [4.78, 5) is 11.7. The molecule has 0 spiro atoms. The quantitative estimate of drug-likeness (QED) is 0.727. The van der Waals surface area contributed by atoms with Crippen LogP contribution < -0.4 is 0 Å². The highest BCUT2D eigenvalue weighted by molar-refractivity contribution is 7.94. The number of hydrogen-bond donors (Lipinski definition) is 0. The Hall–Kier alpha value is -1.09. The molecule has 0 unspecified atom stereocenters. The third-order valence-electron chi connectivity index (χ3n) is 3.57. The van der Waals surface area contributed by atoms with Crippen LogP contribution in [-0.4, -0.2) is 29.9 Å². The van der Waals surface area contributed by atoms with Gasteiger partial charge < -0.3 is 0 Å². The Labute approximate surface area is 95.1 Å². The van der Waals surface area contributed by atoms with Crippen molar-refractivity contribution in [1.29, 1.82) is 5.26 Å². The first-order chi connectivity index (χ1) is 7.27. The van der Waals surface area contributed by atoms with Gasteiger partial charge >= 0.3 is 0 Å². The van der Waals surface area contributed by atoms with Crippen LogP contribution in [0.5, 0.6) is 0 Å². The maximum absolute atomic E-state index is 11.8. The van der Waals surface area contributed by atoms with E-state index in [0.717, 1.165) is 17.1 Å². The molecular formula is C10H14N2O3S. The van der Waals surface area contributed by atoms with Gasteiger partial charge in [0, 0.05) is 18.4 Å². The first kappa shape index (κ1) is 11.4. The van der Waals surface area contributed by atoms with E-state index in [1.54, 1.807) is 0 Å². The number of rotatable bonds is 3. The molecule has 1 aliphatic heterocycles. The van der Waals surface area contributed by atoms with Crippen molar-refractivity contribution in [2.45, 2.75) is 37.9 Å². The van der Waals surface area contributed by atoms with E-state index in [4.69, 9.17) is 5.26 Å². The van der Waals surface area contributed by atoms with E-state index in [1.807, 2.05) is 0 Å². The van der Waals surface area contributed by atoms with Gasteiger partial charge in [0.25, 0.3) is 15.9 Å². The molecular weight excluding hydrogens is 228 g/mol. The van der Waals surface area contributed by atoms with E-state index in [2.05, 4.69) is 6.07 Å². The minimum absolute atomic E-state index is 0.186. The van der Waals surface area contributed by atoms with E-state index in [-0.39, 0.29) is 17.9 Å². The predicted octanol–water partition coefficient (Wildman–Crippen LogP) is 0.631. The standard InChI is InChI=1S/C10H14N2O3S/c1-9(2)8(13)12(16(9,14)15)7-10(3-4-10)5-6-11/h3-5,7H2,1-2H3. The van der Waals surface area contributed by atoms with E-state index in [9.17, 15) is 13.2 Å². The molecule has 1 saturated heterocycles. The lowest BCUT2D eigenvalue weighted by molar-refractivity contribution is -0.132. The molecule has 1 aliphatic carbocycles. The Bertz CT molecular complexity index is 483. The van der Waals surface area contributed by atoms with Crippen molar-refractivity contribution in [2.75, 3.05) is 6.54 Å². The summed E-state index contributed by atoms with van der Waals surface area (Å²) in [6.07, 6.45) is 1.99. The fourth-order valence-electron chi connectivity index (χ4n) is 1.95. The summed E-state index contributed by atoms with van der Waals surface area (Å²) in [5, 5.41) is 8.64. The summed E-state index contributed by atoms with van der Waals surface area (Å²) in [6, 6.07) is 2.05. The topological polar surface area (TPSA) is 78.2 Å². The lowest BCUT2D eigenvalue weighted by Crippen LogP contribution is -2.68. The van der Waals surface area contributed by atoms with Gasteiger partial charge in [0.2, 0.25) is 0 Å². The number of carbonyl (C=O) groups is 1. The highest BCUT2D eigenvalue weighted by atomic mass is 32.2. The number of nitriles is 1. The highest BCUT2D eigenvalue weighted by Gasteiger charge is 2.62. The highest BCUT2D eigenvalue weighted by Crippen LogP contribution is 2.51. The maximum atomic E-state index is 11.8. The third kappa shape index (κ3) is 1.27. The van der Waals surface area contributed by atoms with Crippen LogP contribution in [0.25, 0.3) is 0 Å². The van der Waals surface area contributed by atoms with E-state index in [1.165, 1.54) is 13.8 Å². The van der Waals surface area contributed by atoms with Crippen molar-refractivity contribution in [2.24, 2.45) is 5.41 Å². The second-order valence-electron chi connectivity index (χ2n) is 5.16. The van der Waals surface area contributed by atoms with Crippen molar-refractivity contribution in [1.82, 2.24) is 4.31 Å². The van der Waals surface area contributed by atoms with Crippen molar-refractivity contribution in [3.05, 3.63) is 0 Å². The third-order valence-corrected chi connectivity index (χ3v) is 5.91. The Balaban J connectivity index is 2.15. The average Bonchev–Trinajstić information content (AvgIpc) is 2.94. The molecule has 2 fully saturated rings. The van der Waals surface area contributed by atoms with Crippen LogP contribution in [0.4, 0.5) is 0 Å². The number of carbonyl (C=O) groups excluding carboxylic acids is 1. The van der Waals surface area contributed by atoms with Crippen LogP contribution in [0.1, 0.15) is 33.1 Å². The summed E-state index contributed by atoms with van der Waals surface area (Å²) < 4.78 is 23.3. The predicted molar refractivity (Wildman–Crippen MR) is 56.6 cm³/mol. The zero-order valence-electron chi connectivity index (χ0n) is 9.36. The van der Waals surface area contributed by atoms with Gasteiger partial charge in [-0.15, -0.1) is 0 Å². The molecule has 5 nitrogen and oxygen atoms in total. The van der Waals surface area contributed by atoms with Crippen LogP contribution >= 0.6 is 0 Å². The summed E-state index contributed by atoms with van der Waals surface area (Å²) >= 11 is 0. The molecule has 0 N–H and O–H groups in total. The molecule has 1 saturated carbocycles. The molecule has 0 aromatic carbocycles. The Morgan fingerprint density at radius 1 is 1.44 bits per heavy atom. The number of sulfonamides is 1. The van der Waals surface area contributed by atoms with Crippen LogP contribution in [0.15, 0.2) is 0 Å². The summed E-state index contributed by atoms with van der Waals surface area (Å²) in [5.74, 6) is -0.350.